The van der Waals surface area contributed by atoms with Crippen LogP contribution in [0.25, 0.3) is 0 Å². The lowest BCUT2D eigenvalue weighted by molar-refractivity contribution is 0.0650. The molecular weight excluding hydrogens is 306 g/mol. The first-order valence-electron chi connectivity index (χ1n) is 6.85. The molecule has 0 saturated heterocycles. The summed E-state index contributed by atoms with van der Waals surface area (Å²) in [5.74, 6) is 0.920. The van der Waals surface area contributed by atoms with Crippen LogP contribution in [-0.2, 0) is 4.74 Å². The van der Waals surface area contributed by atoms with Gasteiger partial charge in [0.2, 0.25) is 0 Å². The lowest BCUT2D eigenvalue weighted by Gasteiger charge is -2.21. The zero-order valence-corrected chi connectivity index (χ0v) is 13.8. The molecule has 108 valence electrons. The van der Waals surface area contributed by atoms with Crippen LogP contribution < -0.4 is 10.1 Å². The van der Waals surface area contributed by atoms with Gasteiger partial charge in [-0.15, -0.1) is 0 Å². The van der Waals surface area contributed by atoms with Crippen molar-refractivity contribution in [3.8, 4) is 5.75 Å². The SMILES string of the molecule is CCNC(C)c1cc(Br)ccc1OC(C)COCC. The van der Waals surface area contributed by atoms with E-state index in [4.69, 9.17) is 9.47 Å². The minimum Gasteiger partial charge on any atom is -0.488 e. The van der Waals surface area contributed by atoms with Crippen LogP contribution in [0.3, 0.4) is 0 Å². The van der Waals surface area contributed by atoms with Crippen LogP contribution in [0.1, 0.15) is 39.3 Å². The first kappa shape index (κ1) is 16.5. The fourth-order valence-corrected chi connectivity index (χ4v) is 2.29. The molecule has 0 heterocycles. The Balaban J connectivity index is 2.81. The van der Waals surface area contributed by atoms with Gasteiger partial charge in [0, 0.05) is 22.7 Å². The Labute approximate surface area is 124 Å². The maximum Gasteiger partial charge on any atom is 0.124 e. The maximum atomic E-state index is 5.98. The second kappa shape index (κ2) is 8.56. The molecule has 0 fully saturated rings. The third-order valence-electron chi connectivity index (χ3n) is 2.83. The zero-order chi connectivity index (χ0) is 14.3. The monoisotopic (exact) mass is 329 g/mol. The summed E-state index contributed by atoms with van der Waals surface area (Å²) in [5.41, 5.74) is 1.17. The predicted molar refractivity (Wildman–Crippen MR) is 82.8 cm³/mol. The molecule has 1 aromatic carbocycles. The molecule has 0 aliphatic rings. The average molecular weight is 330 g/mol. The van der Waals surface area contributed by atoms with E-state index in [9.17, 15) is 0 Å². The van der Waals surface area contributed by atoms with Crippen LogP contribution in [0, 0.1) is 0 Å². The summed E-state index contributed by atoms with van der Waals surface area (Å²) in [6, 6.07) is 6.38. The maximum absolute atomic E-state index is 5.98. The van der Waals surface area contributed by atoms with E-state index in [1.807, 2.05) is 26.0 Å². The van der Waals surface area contributed by atoms with E-state index in [2.05, 4.69) is 41.2 Å². The summed E-state index contributed by atoms with van der Waals surface area (Å²) < 4.78 is 12.4. The lowest BCUT2D eigenvalue weighted by atomic mass is 10.1. The molecule has 4 heteroatoms. The highest BCUT2D eigenvalue weighted by molar-refractivity contribution is 9.10. The van der Waals surface area contributed by atoms with Crippen LogP contribution in [0.4, 0.5) is 0 Å². The van der Waals surface area contributed by atoms with Crippen LogP contribution in [-0.4, -0.2) is 25.9 Å². The van der Waals surface area contributed by atoms with Crippen molar-refractivity contribution in [1.82, 2.24) is 5.32 Å². The number of rotatable bonds is 8. The highest BCUT2D eigenvalue weighted by Crippen LogP contribution is 2.29. The van der Waals surface area contributed by atoms with Gasteiger partial charge in [-0.1, -0.05) is 22.9 Å². The van der Waals surface area contributed by atoms with Crippen molar-refractivity contribution in [2.75, 3.05) is 19.8 Å². The minimum absolute atomic E-state index is 0.0497. The topological polar surface area (TPSA) is 30.5 Å². The van der Waals surface area contributed by atoms with Gasteiger partial charge in [0.25, 0.3) is 0 Å². The third kappa shape index (κ3) is 5.51. The fourth-order valence-electron chi connectivity index (χ4n) is 1.92. The summed E-state index contributed by atoms with van der Waals surface area (Å²) in [6.07, 6.45) is 0.0497. The predicted octanol–water partition coefficient (Wildman–Crippen LogP) is 3.92. The van der Waals surface area contributed by atoms with Gasteiger partial charge in [0.15, 0.2) is 0 Å². The first-order chi connectivity index (χ1) is 9.08. The van der Waals surface area contributed by atoms with Crippen LogP contribution in [0.15, 0.2) is 22.7 Å². The van der Waals surface area contributed by atoms with Crippen molar-refractivity contribution in [2.24, 2.45) is 0 Å². The molecule has 2 unspecified atom stereocenters. The lowest BCUT2D eigenvalue weighted by Crippen LogP contribution is -2.22. The summed E-state index contributed by atoms with van der Waals surface area (Å²) in [4.78, 5) is 0. The molecule has 0 aliphatic heterocycles. The van der Waals surface area contributed by atoms with E-state index in [0.717, 1.165) is 16.8 Å². The van der Waals surface area contributed by atoms with E-state index >= 15 is 0 Å². The molecule has 0 aromatic heterocycles. The van der Waals surface area contributed by atoms with Gasteiger partial charge in [-0.2, -0.15) is 0 Å². The molecule has 1 N–H and O–H groups in total. The molecular formula is C15H24BrNO2. The summed E-state index contributed by atoms with van der Waals surface area (Å²) >= 11 is 3.52. The molecule has 3 nitrogen and oxygen atoms in total. The number of ether oxygens (including phenoxy) is 2. The van der Waals surface area contributed by atoms with Crippen LogP contribution in [0.5, 0.6) is 5.75 Å². The van der Waals surface area contributed by atoms with Crippen molar-refractivity contribution in [3.63, 3.8) is 0 Å². The van der Waals surface area contributed by atoms with Crippen molar-refractivity contribution in [1.29, 1.82) is 0 Å². The van der Waals surface area contributed by atoms with E-state index < -0.39 is 0 Å². The van der Waals surface area contributed by atoms with Crippen LogP contribution in [0.2, 0.25) is 0 Å². The quantitative estimate of drug-likeness (QED) is 0.784. The number of halogens is 1. The molecule has 1 rings (SSSR count). The van der Waals surface area contributed by atoms with Gasteiger partial charge in [-0.05, 0) is 45.5 Å². The molecule has 0 radical (unpaired) electrons. The standard InChI is InChI=1S/C15H24BrNO2/c1-5-17-12(4)14-9-13(16)7-8-15(14)19-11(3)10-18-6-2/h7-9,11-12,17H,5-6,10H2,1-4H3. The molecule has 19 heavy (non-hydrogen) atoms. The summed E-state index contributed by atoms with van der Waals surface area (Å²) in [5, 5.41) is 3.41. The normalized spacial score (nSPS) is 14.2. The highest BCUT2D eigenvalue weighted by Gasteiger charge is 2.14. The van der Waals surface area contributed by atoms with Crippen molar-refractivity contribution in [3.05, 3.63) is 28.2 Å². The fraction of sp³-hybridized carbons (Fsp3) is 0.600. The Morgan fingerprint density at radius 3 is 2.63 bits per heavy atom. The van der Waals surface area contributed by atoms with Gasteiger partial charge in [0.05, 0.1) is 6.61 Å². The minimum atomic E-state index is 0.0497. The Morgan fingerprint density at radius 2 is 2.00 bits per heavy atom. The van der Waals surface area contributed by atoms with E-state index in [0.29, 0.717) is 13.2 Å². The molecule has 0 spiro atoms. The molecule has 0 aliphatic carbocycles. The Bertz CT molecular complexity index is 384. The van der Waals surface area contributed by atoms with Crippen molar-refractivity contribution in [2.45, 2.75) is 39.8 Å². The molecule has 0 saturated carbocycles. The second-order valence-corrected chi connectivity index (χ2v) is 5.47. The van der Waals surface area contributed by atoms with Gasteiger partial charge in [-0.3, -0.25) is 0 Å². The van der Waals surface area contributed by atoms with Gasteiger partial charge in [0.1, 0.15) is 11.9 Å². The summed E-state index contributed by atoms with van der Waals surface area (Å²) in [6.45, 7) is 10.5. The second-order valence-electron chi connectivity index (χ2n) is 4.55. The molecule has 2 atom stereocenters. The zero-order valence-electron chi connectivity index (χ0n) is 12.2. The average Bonchev–Trinajstić information content (AvgIpc) is 2.38. The third-order valence-corrected chi connectivity index (χ3v) is 3.33. The molecule has 0 amide bonds. The number of hydrogen-bond acceptors (Lipinski definition) is 3. The summed E-state index contributed by atoms with van der Waals surface area (Å²) in [7, 11) is 0. The number of nitrogens with one attached hydrogen (secondary N) is 1. The van der Waals surface area contributed by atoms with Gasteiger partial charge < -0.3 is 14.8 Å². The van der Waals surface area contributed by atoms with Crippen molar-refractivity contribution < 1.29 is 9.47 Å². The van der Waals surface area contributed by atoms with Crippen LogP contribution >= 0.6 is 15.9 Å². The Hall–Kier alpha value is -0.580. The largest absolute Gasteiger partial charge is 0.488 e. The Morgan fingerprint density at radius 1 is 1.26 bits per heavy atom. The number of benzene rings is 1. The van der Waals surface area contributed by atoms with Crippen molar-refractivity contribution >= 4 is 15.9 Å². The first-order valence-corrected chi connectivity index (χ1v) is 7.65. The van der Waals surface area contributed by atoms with E-state index in [-0.39, 0.29) is 12.1 Å². The van der Waals surface area contributed by atoms with Gasteiger partial charge >= 0.3 is 0 Å². The molecule has 1 aromatic rings. The Kier molecular flexibility index (Phi) is 7.42. The van der Waals surface area contributed by atoms with Gasteiger partial charge in [-0.25, -0.2) is 0 Å². The smallest absolute Gasteiger partial charge is 0.124 e. The van der Waals surface area contributed by atoms with E-state index in [1.165, 1.54) is 5.56 Å². The highest BCUT2D eigenvalue weighted by atomic mass is 79.9. The molecule has 0 bridgehead atoms. The van der Waals surface area contributed by atoms with E-state index in [1.54, 1.807) is 0 Å². The number of hydrogen-bond donors (Lipinski definition) is 1.